The molecule has 0 saturated carbocycles. The van der Waals surface area contributed by atoms with Crippen LogP contribution in [0.25, 0.3) is 0 Å². The molecule has 2 aromatic carbocycles. The lowest BCUT2D eigenvalue weighted by atomic mass is 10.0. The number of methoxy groups -OCH3 is 1. The Balaban J connectivity index is 2.11. The Bertz CT molecular complexity index is 906. The highest BCUT2D eigenvalue weighted by Gasteiger charge is 2.24. The second-order valence-corrected chi connectivity index (χ2v) is 8.23. The zero-order chi connectivity index (χ0) is 23.7. The fourth-order valence-corrected chi connectivity index (χ4v) is 2.83. The first kappa shape index (κ1) is 24.7. The van der Waals surface area contributed by atoms with Crippen LogP contribution in [0.1, 0.15) is 48.3 Å². The van der Waals surface area contributed by atoms with Gasteiger partial charge in [-0.15, -0.1) is 0 Å². The first-order valence-corrected chi connectivity index (χ1v) is 10.2. The highest BCUT2D eigenvalue weighted by Crippen LogP contribution is 2.18. The van der Waals surface area contributed by atoms with Crippen LogP contribution in [0, 0.1) is 0 Å². The number of alkyl carbamates (subject to hydrolysis) is 1. The number of amides is 2. The number of hydrogen-bond acceptors (Lipinski definition) is 6. The average molecular weight is 443 g/mol. The summed E-state index contributed by atoms with van der Waals surface area (Å²) in [5, 5.41) is 2.79. The molecule has 0 spiro atoms. The van der Waals surface area contributed by atoms with Gasteiger partial charge in [-0.3, -0.25) is 0 Å². The lowest BCUT2D eigenvalue weighted by Gasteiger charge is -2.27. The van der Waals surface area contributed by atoms with E-state index in [0.29, 0.717) is 11.1 Å². The molecule has 0 radical (unpaired) electrons. The molecule has 0 saturated heterocycles. The van der Waals surface area contributed by atoms with Gasteiger partial charge in [-0.05, 0) is 44.0 Å². The summed E-state index contributed by atoms with van der Waals surface area (Å²) >= 11 is 0. The summed E-state index contributed by atoms with van der Waals surface area (Å²) in [5.74, 6) is -0.463. The van der Waals surface area contributed by atoms with Gasteiger partial charge in [0.25, 0.3) is 0 Å². The number of esters is 1. The molecule has 0 bridgehead atoms. The number of rotatable bonds is 7. The molecule has 2 amide bonds. The standard InChI is InChI=1S/C24H30N2O6/c1-24(2,3)32-22(28)25-20(18-11-13-19(14-12-18)21(27)30-5)15-26(4)23(29)31-16-17-9-7-6-8-10-17/h6-14,20H,15-16H2,1-5H3,(H,25,28). The smallest absolute Gasteiger partial charge is 0.409 e. The summed E-state index contributed by atoms with van der Waals surface area (Å²) in [6.07, 6.45) is -1.15. The molecular weight excluding hydrogens is 412 g/mol. The molecule has 0 heterocycles. The van der Waals surface area contributed by atoms with Gasteiger partial charge in [-0.25, -0.2) is 14.4 Å². The van der Waals surface area contributed by atoms with E-state index in [1.165, 1.54) is 12.0 Å². The van der Waals surface area contributed by atoms with Crippen molar-refractivity contribution >= 4 is 18.2 Å². The molecule has 1 atom stereocenters. The molecule has 0 aliphatic carbocycles. The van der Waals surface area contributed by atoms with Crippen LogP contribution < -0.4 is 5.32 Å². The van der Waals surface area contributed by atoms with E-state index in [4.69, 9.17) is 14.2 Å². The number of carbonyl (C=O) groups excluding carboxylic acids is 3. The van der Waals surface area contributed by atoms with Crippen molar-refractivity contribution in [2.75, 3.05) is 20.7 Å². The van der Waals surface area contributed by atoms with Gasteiger partial charge in [0.1, 0.15) is 12.2 Å². The van der Waals surface area contributed by atoms with Gasteiger partial charge in [0, 0.05) is 13.6 Å². The predicted molar refractivity (Wildman–Crippen MR) is 119 cm³/mol. The van der Waals surface area contributed by atoms with E-state index in [2.05, 4.69) is 5.32 Å². The van der Waals surface area contributed by atoms with E-state index < -0.39 is 29.8 Å². The van der Waals surface area contributed by atoms with E-state index >= 15 is 0 Å². The van der Waals surface area contributed by atoms with Crippen LogP contribution >= 0.6 is 0 Å². The Labute approximate surface area is 188 Å². The number of hydrogen-bond donors (Lipinski definition) is 1. The first-order valence-electron chi connectivity index (χ1n) is 10.2. The SMILES string of the molecule is COC(=O)c1ccc(C(CN(C)C(=O)OCc2ccccc2)NC(=O)OC(C)(C)C)cc1. The van der Waals surface area contributed by atoms with Crippen LogP contribution in [0.4, 0.5) is 9.59 Å². The highest BCUT2D eigenvalue weighted by molar-refractivity contribution is 5.89. The number of ether oxygens (including phenoxy) is 3. The van der Waals surface area contributed by atoms with Gasteiger partial charge >= 0.3 is 18.2 Å². The molecule has 8 heteroatoms. The fourth-order valence-electron chi connectivity index (χ4n) is 2.83. The van der Waals surface area contributed by atoms with Gasteiger partial charge in [0.15, 0.2) is 0 Å². The summed E-state index contributed by atoms with van der Waals surface area (Å²) in [7, 11) is 2.89. The Hall–Kier alpha value is -3.55. The summed E-state index contributed by atoms with van der Waals surface area (Å²) < 4.78 is 15.4. The quantitative estimate of drug-likeness (QED) is 0.507. The third-order valence-corrected chi connectivity index (χ3v) is 4.40. The molecule has 1 N–H and O–H groups in total. The van der Waals surface area contributed by atoms with Crippen LogP contribution in [-0.4, -0.2) is 49.4 Å². The maximum atomic E-state index is 12.5. The molecule has 32 heavy (non-hydrogen) atoms. The van der Waals surface area contributed by atoms with Crippen LogP contribution in [0.15, 0.2) is 54.6 Å². The van der Waals surface area contributed by atoms with Crippen LogP contribution in [0.3, 0.4) is 0 Å². The molecule has 1 unspecified atom stereocenters. The minimum atomic E-state index is -0.677. The lowest BCUT2D eigenvalue weighted by molar-refractivity contribution is 0.0484. The molecule has 2 rings (SSSR count). The van der Waals surface area contributed by atoms with Gasteiger partial charge in [0.2, 0.25) is 0 Å². The van der Waals surface area contributed by atoms with Crippen LogP contribution in [0.2, 0.25) is 0 Å². The molecular formula is C24H30N2O6. The Morgan fingerprint density at radius 1 is 1.00 bits per heavy atom. The normalized spacial score (nSPS) is 11.8. The number of nitrogens with one attached hydrogen (secondary N) is 1. The molecule has 8 nitrogen and oxygen atoms in total. The van der Waals surface area contributed by atoms with E-state index in [-0.39, 0.29) is 13.2 Å². The Kier molecular flexibility index (Phi) is 8.63. The molecule has 0 aliphatic heterocycles. The number of benzene rings is 2. The minimum absolute atomic E-state index is 0.129. The van der Waals surface area contributed by atoms with Gasteiger partial charge in [-0.1, -0.05) is 42.5 Å². The van der Waals surface area contributed by atoms with Crippen molar-refractivity contribution in [2.24, 2.45) is 0 Å². The molecule has 2 aromatic rings. The monoisotopic (exact) mass is 442 g/mol. The lowest BCUT2D eigenvalue weighted by Crippen LogP contribution is -2.41. The first-order chi connectivity index (χ1) is 15.1. The predicted octanol–water partition coefficient (Wildman–Crippen LogP) is 4.31. The molecule has 0 aliphatic rings. The number of likely N-dealkylation sites (N-methyl/N-ethyl adjacent to an activating group) is 1. The van der Waals surface area contributed by atoms with Crippen LogP contribution in [0.5, 0.6) is 0 Å². The number of carbonyl (C=O) groups is 3. The van der Waals surface area contributed by atoms with Crippen molar-refractivity contribution in [1.29, 1.82) is 0 Å². The zero-order valence-corrected chi connectivity index (χ0v) is 19.1. The minimum Gasteiger partial charge on any atom is -0.465 e. The van der Waals surface area contributed by atoms with E-state index in [1.54, 1.807) is 52.1 Å². The number of nitrogens with zero attached hydrogens (tertiary/aromatic N) is 1. The van der Waals surface area contributed by atoms with Crippen molar-refractivity contribution in [3.05, 3.63) is 71.3 Å². The maximum Gasteiger partial charge on any atom is 0.409 e. The topological polar surface area (TPSA) is 94.2 Å². The van der Waals surface area contributed by atoms with Gasteiger partial charge in [-0.2, -0.15) is 0 Å². The van der Waals surface area contributed by atoms with E-state index in [0.717, 1.165) is 5.56 Å². The Morgan fingerprint density at radius 3 is 2.19 bits per heavy atom. The van der Waals surface area contributed by atoms with Gasteiger partial charge in [0.05, 0.1) is 18.7 Å². The summed E-state index contributed by atoms with van der Waals surface area (Å²) in [6.45, 7) is 5.56. The van der Waals surface area contributed by atoms with Crippen molar-refractivity contribution in [2.45, 2.75) is 39.0 Å². The van der Waals surface area contributed by atoms with Crippen molar-refractivity contribution in [3.8, 4) is 0 Å². The maximum absolute atomic E-state index is 12.5. The highest BCUT2D eigenvalue weighted by atomic mass is 16.6. The summed E-state index contributed by atoms with van der Waals surface area (Å²) in [6, 6.07) is 15.3. The summed E-state index contributed by atoms with van der Waals surface area (Å²) in [4.78, 5) is 37.9. The third-order valence-electron chi connectivity index (χ3n) is 4.40. The van der Waals surface area contributed by atoms with Gasteiger partial charge < -0.3 is 24.4 Å². The Morgan fingerprint density at radius 2 is 1.62 bits per heavy atom. The second-order valence-electron chi connectivity index (χ2n) is 8.23. The third kappa shape index (κ3) is 7.94. The van der Waals surface area contributed by atoms with Crippen molar-refractivity contribution < 1.29 is 28.6 Å². The summed E-state index contributed by atoms with van der Waals surface area (Å²) in [5.41, 5.74) is 1.26. The van der Waals surface area contributed by atoms with Crippen molar-refractivity contribution in [1.82, 2.24) is 10.2 Å². The van der Waals surface area contributed by atoms with E-state index in [9.17, 15) is 14.4 Å². The largest absolute Gasteiger partial charge is 0.465 e. The van der Waals surface area contributed by atoms with Crippen molar-refractivity contribution in [3.63, 3.8) is 0 Å². The second kappa shape index (κ2) is 11.2. The van der Waals surface area contributed by atoms with Crippen LogP contribution in [-0.2, 0) is 20.8 Å². The molecule has 0 fully saturated rings. The van der Waals surface area contributed by atoms with E-state index in [1.807, 2.05) is 30.3 Å². The average Bonchev–Trinajstić information content (AvgIpc) is 2.76. The molecule has 172 valence electrons. The zero-order valence-electron chi connectivity index (χ0n) is 19.1. The molecule has 0 aromatic heterocycles. The fraction of sp³-hybridized carbons (Fsp3) is 0.375.